The second-order valence-electron chi connectivity index (χ2n) is 6.88. The lowest BCUT2D eigenvalue weighted by molar-refractivity contribution is -0.384. The number of fused-ring (bicyclic) bond motifs is 1. The van der Waals surface area contributed by atoms with Crippen LogP contribution in [0.25, 0.3) is 22.2 Å². The first-order valence-electron chi connectivity index (χ1n) is 9.53. The maximum atomic E-state index is 11.2. The number of para-hydroxylation sites is 1. The summed E-state index contributed by atoms with van der Waals surface area (Å²) < 4.78 is 0.881. The van der Waals surface area contributed by atoms with Crippen molar-refractivity contribution in [2.24, 2.45) is 0 Å². The van der Waals surface area contributed by atoms with Gasteiger partial charge in [0.15, 0.2) is 0 Å². The zero-order valence-corrected chi connectivity index (χ0v) is 18.9. The monoisotopic (exact) mass is 505 g/mol. The van der Waals surface area contributed by atoms with Crippen molar-refractivity contribution < 1.29 is 10.0 Å². The molecule has 4 aromatic rings. The Morgan fingerprint density at radius 3 is 2.34 bits per heavy atom. The first kappa shape index (κ1) is 21.6. The van der Waals surface area contributed by atoms with Gasteiger partial charge in [-0.2, -0.15) is 0 Å². The number of hydrogen-bond donors (Lipinski definition) is 2. The maximum Gasteiger partial charge on any atom is 0.269 e. The standard InChI is InChI=1S/C24H16BrN3O3S/c25-17-8-5-16(6-9-17)23(29)22(21-14-7-15-3-1-2-4-20(15)27-21)24(32)26-18-10-12-19(13-11-18)28(30)31/h1-14,29H,(H,26,32)/b23-22-. The van der Waals surface area contributed by atoms with Crippen molar-refractivity contribution in [2.45, 2.75) is 0 Å². The van der Waals surface area contributed by atoms with Gasteiger partial charge in [0.25, 0.3) is 5.69 Å². The lowest BCUT2D eigenvalue weighted by Gasteiger charge is -2.15. The van der Waals surface area contributed by atoms with Gasteiger partial charge in [0, 0.05) is 33.2 Å². The topological polar surface area (TPSA) is 88.3 Å². The van der Waals surface area contributed by atoms with Crippen molar-refractivity contribution in [3.05, 3.63) is 111 Å². The first-order chi connectivity index (χ1) is 15.4. The van der Waals surface area contributed by atoms with Gasteiger partial charge in [-0.25, -0.2) is 4.98 Å². The number of hydrogen-bond acceptors (Lipinski definition) is 5. The van der Waals surface area contributed by atoms with Crippen molar-refractivity contribution in [1.29, 1.82) is 0 Å². The van der Waals surface area contributed by atoms with Gasteiger partial charge in [-0.15, -0.1) is 0 Å². The van der Waals surface area contributed by atoms with E-state index < -0.39 is 4.92 Å². The molecule has 1 heterocycles. The number of thiocarbonyl (C=S) groups is 1. The Kier molecular flexibility index (Phi) is 6.25. The Morgan fingerprint density at radius 1 is 0.969 bits per heavy atom. The fraction of sp³-hybridized carbons (Fsp3) is 0. The summed E-state index contributed by atoms with van der Waals surface area (Å²) in [6, 6.07) is 24.5. The quantitative estimate of drug-likeness (QED) is 0.102. The van der Waals surface area contributed by atoms with Crippen LogP contribution in [-0.2, 0) is 0 Å². The third-order valence-corrected chi connectivity index (χ3v) is 5.61. The van der Waals surface area contributed by atoms with E-state index in [-0.39, 0.29) is 16.4 Å². The number of aliphatic hydroxyl groups excluding tert-OH is 1. The number of nitrogens with one attached hydrogen (secondary N) is 1. The number of benzene rings is 3. The Bertz CT molecular complexity index is 1350. The molecule has 0 aliphatic carbocycles. The predicted molar refractivity (Wildman–Crippen MR) is 135 cm³/mol. The smallest absolute Gasteiger partial charge is 0.269 e. The molecule has 0 fully saturated rings. The largest absolute Gasteiger partial charge is 0.507 e. The van der Waals surface area contributed by atoms with Gasteiger partial charge in [-0.1, -0.05) is 64.5 Å². The number of halogens is 1. The van der Waals surface area contributed by atoms with Crippen LogP contribution in [0.5, 0.6) is 0 Å². The molecule has 158 valence electrons. The van der Waals surface area contributed by atoms with Crippen LogP contribution >= 0.6 is 28.1 Å². The number of aromatic nitrogens is 1. The molecule has 0 saturated heterocycles. The minimum absolute atomic E-state index is 0.0221. The van der Waals surface area contributed by atoms with Crippen LogP contribution < -0.4 is 5.32 Å². The molecule has 3 aromatic carbocycles. The molecule has 0 aliphatic heterocycles. The van der Waals surface area contributed by atoms with Crippen molar-refractivity contribution in [1.82, 2.24) is 4.98 Å². The zero-order valence-electron chi connectivity index (χ0n) is 16.5. The second kappa shape index (κ2) is 9.25. The molecule has 0 amide bonds. The highest BCUT2D eigenvalue weighted by Crippen LogP contribution is 2.28. The Hall–Kier alpha value is -3.62. The summed E-state index contributed by atoms with van der Waals surface area (Å²) >= 11 is 9.03. The van der Waals surface area contributed by atoms with Gasteiger partial charge in [0.2, 0.25) is 0 Å². The van der Waals surface area contributed by atoms with E-state index in [1.807, 2.05) is 42.5 Å². The van der Waals surface area contributed by atoms with Gasteiger partial charge < -0.3 is 10.4 Å². The number of pyridine rings is 1. The summed E-state index contributed by atoms with van der Waals surface area (Å²) in [6.45, 7) is 0. The third-order valence-electron chi connectivity index (χ3n) is 4.77. The summed E-state index contributed by atoms with van der Waals surface area (Å²) in [6.07, 6.45) is 0. The molecule has 0 saturated carbocycles. The van der Waals surface area contributed by atoms with Gasteiger partial charge in [-0.05, 0) is 36.4 Å². The molecule has 8 heteroatoms. The number of aliphatic hydroxyl groups is 1. The molecular weight excluding hydrogens is 490 g/mol. The van der Waals surface area contributed by atoms with Crippen LogP contribution in [0.2, 0.25) is 0 Å². The number of nitro benzene ring substituents is 1. The average molecular weight is 506 g/mol. The number of anilines is 1. The number of rotatable bonds is 5. The molecule has 0 bridgehead atoms. The summed E-state index contributed by atoms with van der Waals surface area (Å²) in [5.74, 6) is -0.0281. The second-order valence-corrected chi connectivity index (χ2v) is 8.20. The molecule has 4 rings (SSSR count). The van der Waals surface area contributed by atoms with Crippen LogP contribution in [0.3, 0.4) is 0 Å². The molecular formula is C24H16BrN3O3S. The van der Waals surface area contributed by atoms with Crippen LogP contribution in [0.4, 0.5) is 11.4 Å². The van der Waals surface area contributed by atoms with Crippen LogP contribution in [0.1, 0.15) is 11.3 Å². The van der Waals surface area contributed by atoms with Crippen molar-refractivity contribution >= 4 is 66.7 Å². The molecule has 0 aliphatic rings. The third kappa shape index (κ3) is 4.66. The first-order valence-corrected chi connectivity index (χ1v) is 10.7. The highest BCUT2D eigenvalue weighted by atomic mass is 79.9. The van der Waals surface area contributed by atoms with E-state index in [1.165, 1.54) is 12.1 Å². The fourth-order valence-corrected chi connectivity index (χ4v) is 3.75. The highest BCUT2D eigenvalue weighted by molar-refractivity contribution is 9.10. The van der Waals surface area contributed by atoms with Crippen molar-refractivity contribution in [3.63, 3.8) is 0 Å². The summed E-state index contributed by atoms with van der Waals surface area (Å²) in [5.41, 5.74) is 2.74. The van der Waals surface area contributed by atoms with E-state index in [2.05, 4.69) is 21.2 Å². The Balaban J connectivity index is 1.78. The molecule has 32 heavy (non-hydrogen) atoms. The minimum atomic E-state index is -0.466. The fourth-order valence-electron chi connectivity index (χ4n) is 3.16. The minimum Gasteiger partial charge on any atom is -0.507 e. The van der Waals surface area contributed by atoms with E-state index in [0.29, 0.717) is 22.5 Å². The molecule has 1 aromatic heterocycles. The molecule has 0 atom stereocenters. The molecule has 0 radical (unpaired) electrons. The van der Waals surface area contributed by atoms with Crippen molar-refractivity contribution in [3.8, 4) is 0 Å². The lowest BCUT2D eigenvalue weighted by Crippen LogP contribution is -2.14. The van der Waals surface area contributed by atoms with Gasteiger partial charge in [0.05, 0.1) is 21.7 Å². The maximum absolute atomic E-state index is 11.2. The van der Waals surface area contributed by atoms with Gasteiger partial charge >= 0.3 is 0 Å². The van der Waals surface area contributed by atoms with Crippen LogP contribution in [0.15, 0.2) is 89.4 Å². The molecule has 0 unspecified atom stereocenters. The normalized spacial score (nSPS) is 11.7. The summed E-state index contributed by atoms with van der Waals surface area (Å²) in [5, 5.41) is 26.1. The SMILES string of the molecule is O=[N+]([O-])c1ccc(NC(=S)/C(=C(\O)c2ccc(Br)cc2)c2ccc3ccccc3n2)cc1. The van der Waals surface area contributed by atoms with Gasteiger partial charge in [-0.3, -0.25) is 10.1 Å². The van der Waals surface area contributed by atoms with E-state index >= 15 is 0 Å². The van der Waals surface area contributed by atoms with E-state index in [4.69, 9.17) is 17.2 Å². The summed E-state index contributed by atoms with van der Waals surface area (Å²) in [4.78, 5) is 15.4. The van der Waals surface area contributed by atoms with Crippen LogP contribution in [-0.4, -0.2) is 20.0 Å². The number of non-ortho nitro benzene ring substituents is 1. The zero-order chi connectivity index (χ0) is 22.7. The molecule has 6 nitrogen and oxygen atoms in total. The lowest BCUT2D eigenvalue weighted by atomic mass is 10.0. The molecule has 0 spiro atoms. The number of nitro groups is 1. The predicted octanol–water partition coefficient (Wildman–Crippen LogP) is 6.77. The Morgan fingerprint density at radius 2 is 1.66 bits per heavy atom. The number of nitrogens with zero attached hydrogens (tertiary/aromatic N) is 2. The van der Waals surface area contributed by atoms with Crippen LogP contribution in [0, 0.1) is 10.1 Å². The van der Waals surface area contributed by atoms with E-state index in [0.717, 1.165) is 15.4 Å². The van der Waals surface area contributed by atoms with Crippen molar-refractivity contribution in [2.75, 3.05) is 5.32 Å². The van der Waals surface area contributed by atoms with E-state index in [9.17, 15) is 15.2 Å². The van der Waals surface area contributed by atoms with Gasteiger partial charge in [0.1, 0.15) is 10.7 Å². The Labute approximate surface area is 197 Å². The summed E-state index contributed by atoms with van der Waals surface area (Å²) in [7, 11) is 0. The highest BCUT2D eigenvalue weighted by Gasteiger charge is 2.18. The average Bonchev–Trinajstić information content (AvgIpc) is 2.80. The molecule has 2 N–H and O–H groups in total. The van der Waals surface area contributed by atoms with E-state index in [1.54, 1.807) is 30.3 Å².